The zero-order chi connectivity index (χ0) is 22.8. The Kier molecular flexibility index (Phi) is 6.48. The second-order valence-electron chi connectivity index (χ2n) is 6.10. The molecule has 1 aromatic heterocycles. The Bertz CT molecular complexity index is 1230. The molecule has 3 rings (SSSR count). The van der Waals surface area contributed by atoms with E-state index in [0.717, 1.165) is 29.5 Å². The molecule has 0 aliphatic carbocycles. The van der Waals surface area contributed by atoms with Crippen molar-refractivity contribution in [3.05, 3.63) is 69.4 Å². The molecule has 3 aromatic rings. The summed E-state index contributed by atoms with van der Waals surface area (Å²) in [6.45, 7) is 0. The van der Waals surface area contributed by atoms with Gasteiger partial charge in [0.05, 0.1) is 28.3 Å². The summed E-state index contributed by atoms with van der Waals surface area (Å²) in [6, 6.07) is 9.20. The number of carbonyl (C=O) groups excluding carboxylic acids is 1. The van der Waals surface area contributed by atoms with E-state index in [1.807, 2.05) is 0 Å². The van der Waals surface area contributed by atoms with Crippen molar-refractivity contribution in [3.8, 4) is 5.75 Å². The second kappa shape index (κ2) is 8.77. The minimum absolute atomic E-state index is 0.0162. The zero-order valence-corrected chi connectivity index (χ0v) is 18.0. The molecule has 0 saturated carbocycles. The molecule has 31 heavy (non-hydrogen) atoms. The lowest BCUT2D eigenvalue weighted by atomic mass is 10.2. The maximum atomic E-state index is 12.9. The Balaban J connectivity index is 1.83. The quantitative estimate of drug-likeness (QED) is 0.479. The lowest BCUT2D eigenvalue weighted by Crippen LogP contribution is -2.17. The minimum atomic E-state index is -4.70. The van der Waals surface area contributed by atoms with Crippen LogP contribution in [0.2, 0.25) is 5.02 Å². The number of amides is 1. The van der Waals surface area contributed by atoms with E-state index in [1.54, 1.807) is 12.1 Å². The number of benzene rings is 2. The molecule has 1 heterocycles. The summed E-state index contributed by atoms with van der Waals surface area (Å²) in [4.78, 5) is 12.0. The van der Waals surface area contributed by atoms with Crippen LogP contribution in [0.4, 0.5) is 24.5 Å². The fraction of sp³-hybridized carbons (Fsp3) is 0.105. The van der Waals surface area contributed by atoms with Crippen molar-refractivity contribution in [2.45, 2.75) is 11.1 Å². The summed E-state index contributed by atoms with van der Waals surface area (Å²) in [5.74, 6) is -0.219. The van der Waals surface area contributed by atoms with E-state index in [9.17, 15) is 26.4 Å². The molecule has 164 valence electrons. The highest BCUT2D eigenvalue weighted by Crippen LogP contribution is 2.32. The van der Waals surface area contributed by atoms with Crippen LogP contribution in [0.5, 0.6) is 5.75 Å². The molecule has 0 fully saturated rings. The number of hydrogen-bond donors (Lipinski definition) is 2. The number of alkyl halides is 3. The van der Waals surface area contributed by atoms with Crippen molar-refractivity contribution in [3.63, 3.8) is 0 Å². The van der Waals surface area contributed by atoms with Crippen molar-refractivity contribution < 1.29 is 31.1 Å². The Morgan fingerprint density at radius 1 is 1.13 bits per heavy atom. The van der Waals surface area contributed by atoms with Gasteiger partial charge in [0.2, 0.25) is 0 Å². The van der Waals surface area contributed by atoms with Gasteiger partial charge in [0.25, 0.3) is 15.9 Å². The average molecular weight is 491 g/mol. The van der Waals surface area contributed by atoms with Gasteiger partial charge in [0, 0.05) is 5.69 Å². The van der Waals surface area contributed by atoms with E-state index in [2.05, 4.69) is 10.0 Å². The molecule has 0 spiro atoms. The Hall–Kier alpha value is -2.76. The number of methoxy groups -OCH3 is 1. The van der Waals surface area contributed by atoms with Crippen LogP contribution in [-0.2, 0) is 16.2 Å². The normalized spacial score (nSPS) is 11.8. The van der Waals surface area contributed by atoms with Crippen molar-refractivity contribution in [1.82, 2.24) is 0 Å². The molecule has 2 aromatic carbocycles. The molecular formula is C19H14ClF3N2O4S2. The van der Waals surface area contributed by atoms with E-state index < -0.39 is 32.6 Å². The van der Waals surface area contributed by atoms with Gasteiger partial charge in [-0.1, -0.05) is 17.7 Å². The number of anilines is 2. The van der Waals surface area contributed by atoms with Crippen LogP contribution in [0, 0.1) is 0 Å². The van der Waals surface area contributed by atoms with Gasteiger partial charge in [0.15, 0.2) is 0 Å². The largest absolute Gasteiger partial charge is 0.495 e. The van der Waals surface area contributed by atoms with Crippen LogP contribution in [-0.4, -0.2) is 21.4 Å². The topological polar surface area (TPSA) is 84.5 Å². The number of halogens is 4. The van der Waals surface area contributed by atoms with Crippen LogP contribution in [0.3, 0.4) is 0 Å². The third-order valence-corrected chi connectivity index (χ3v) is 6.57. The van der Waals surface area contributed by atoms with Crippen LogP contribution < -0.4 is 14.8 Å². The van der Waals surface area contributed by atoms with E-state index >= 15 is 0 Å². The standard InChI is InChI=1S/C19H14ClF3N2O4S2/c1-29-16-6-5-12(10-14(16)20)24-18(26)17-15(7-8-30-17)25-31(27,28)13-4-2-3-11(9-13)19(21,22)23/h2-10,25H,1H3,(H,24,26). The third-order valence-electron chi connectivity index (χ3n) is 4.00. The number of thiophene rings is 1. The van der Waals surface area contributed by atoms with Crippen LogP contribution >= 0.6 is 22.9 Å². The maximum Gasteiger partial charge on any atom is 0.416 e. The number of carbonyl (C=O) groups is 1. The molecule has 6 nitrogen and oxygen atoms in total. The zero-order valence-electron chi connectivity index (χ0n) is 15.7. The highest BCUT2D eigenvalue weighted by molar-refractivity contribution is 7.92. The summed E-state index contributed by atoms with van der Waals surface area (Å²) in [7, 11) is -2.93. The van der Waals surface area contributed by atoms with Crippen molar-refractivity contribution in [2.24, 2.45) is 0 Å². The first-order valence-corrected chi connectivity index (χ1v) is 11.2. The van der Waals surface area contributed by atoms with Crippen molar-refractivity contribution in [2.75, 3.05) is 17.1 Å². The first-order chi connectivity index (χ1) is 14.5. The summed E-state index contributed by atoms with van der Waals surface area (Å²) < 4.78 is 71.1. The highest BCUT2D eigenvalue weighted by Gasteiger charge is 2.32. The molecule has 0 atom stereocenters. The molecule has 0 unspecified atom stereocenters. The minimum Gasteiger partial charge on any atom is -0.495 e. The van der Waals surface area contributed by atoms with Crippen molar-refractivity contribution in [1.29, 1.82) is 0 Å². The number of sulfonamides is 1. The van der Waals surface area contributed by atoms with Gasteiger partial charge in [-0.05, 0) is 47.8 Å². The Morgan fingerprint density at radius 3 is 2.52 bits per heavy atom. The maximum absolute atomic E-state index is 12.9. The van der Waals surface area contributed by atoms with E-state index in [-0.39, 0.29) is 15.6 Å². The van der Waals surface area contributed by atoms with Gasteiger partial charge in [-0.15, -0.1) is 11.3 Å². The number of hydrogen-bond acceptors (Lipinski definition) is 5. The molecule has 0 aliphatic heterocycles. The SMILES string of the molecule is COc1ccc(NC(=O)c2sccc2NS(=O)(=O)c2cccc(C(F)(F)F)c2)cc1Cl. The fourth-order valence-corrected chi connectivity index (χ4v) is 4.72. The van der Waals surface area contributed by atoms with Gasteiger partial charge in [-0.2, -0.15) is 13.2 Å². The third kappa shape index (κ3) is 5.30. The lowest BCUT2D eigenvalue weighted by molar-refractivity contribution is -0.137. The molecule has 0 bridgehead atoms. The number of nitrogens with one attached hydrogen (secondary N) is 2. The lowest BCUT2D eigenvalue weighted by Gasteiger charge is -2.12. The van der Waals surface area contributed by atoms with Crippen LogP contribution in [0.25, 0.3) is 0 Å². The average Bonchev–Trinajstić information content (AvgIpc) is 3.15. The summed E-state index contributed by atoms with van der Waals surface area (Å²) >= 11 is 6.98. The number of rotatable bonds is 6. The fourth-order valence-electron chi connectivity index (χ4n) is 2.54. The predicted molar refractivity (Wildman–Crippen MR) is 113 cm³/mol. The molecule has 0 radical (unpaired) electrons. The Morgan fingerprint density at radius 2 is 1.87 bits per heavy atom. The van der Waals surface area contributed by atoms with Gasteiger partial charge in [-0.3, -0.25) is 9.52 Å². The second-order valence-corrected chi connectivity index (χ2v) is 9.10. The van der Waals surface area contributed by atoms with Gasteiger partial charge < -0.3 is 10.1 Å². The van der Waals surface area contributed by atoms with Crippen LogP contribution in [0.15, 0.2) is 58.8 Å². The predicted octanol–water partition coefficient (Wildman–Crippen LogP) is 5.48. The smallest absolute Gasteiger partial charge is 0.416 e. The van der Waals surface area contributed by atoms with Gasteiger partial charge >= 0.3 is 6.18 Å². The molecule has 0 aliphatic rings. The molecule has 2 N–H and O–H groups in total. The summed E-state index contributed by atoms with van der Waals surface area (Å²) in [5.41, 5.74) is -0.828. The number of ether oxygens (including phenoxy) is 1. The molecule has 12 heteroatoms. The molecule has 0 saturated heterocycles. The highest BCUT2D eigenvalue weighted by atomic mass is 35.5. The first-order valence-electron chi connectivity index (χ1n) is 8.44. The molecular weight excluding hydrogens is 477 g/mol. The van der Waals surface area contributed by atoms with Crippen LogP contribution in [0.1, 0.15) is 15.2 Å². The van der Waals surface area contributed by atoms with E-state index in [1.165, 1.54) is 24.6 Å². The monoisotopic (exact) mass is 490 g/mol. The van der Waals surface area contributed by atoms with Gasteiger partial charge in [0.1, 0.15) is 10.6 Å². The van der Waals surface area contributed by atoms with E-state index in [4.69, 9.17) is 16.3 Å². The van der Waals surface area contributed by atoms with E-state index in [0.29, 0.717) is 17.5 Å². The van der Waals surface area contributed by atoms with Gasteiger partial charge in [-0.25, -0.2) is 8.42 Å². The molecule has 1 amide bonds. The van der Waals surface area contributed by atoms with Crippen molar-refractivity contribution >= 4 is 50.2 Å². The summed E-state index contributed by atoms with van der Waals surface area (Å²) in [5, 5.41) is 4.31. The Labute approximate surface area is 184 Å². The first kappa shape index (κ1) is 22.9. The summed E-state index contributed by atoms with van der Waals surface area (Å²) in [6.07, 6.45) is -4.70.